The van der Waals surface area contributed by atoms with Crippen LogP contribution in [0, 0.1) is 0 Å². The van der Waals surface area contributed by atoms with Crippen molar-refractivity contribution in [1.82, 2.24) is 0 Å². The summed E-state index contributed by atoms with van der Waals surface area (Å²) in [5.41, 5.74) is -0.0972. The molecule has 0 aliphatic heterocycles. The molecular formula is C13H8Cl2NO4S-. The van der Waals surface area contributed by atoms with E-state index < -0.39 is 21.6 Å². The Hall–Kier alpha value is -1.76. The van der Waals surface area contributed by atoms with Crippen LogP contribution in [0.15, 0.2) is 47.4 Å². The molecule has 0 fully saturated rings. The van der Waals surface area contributed by atoms with Crippen LogP contribution in [0.25, 0.3) is 0 Å². The van der Waals surface area contributed by atoms with Crippen LogP contribution in [0.1, 0.15) is 10.4 Å². The maximum Gasteiger partial charge on any atom is 0.261 e. The van der Waals surface area contributed by atoms with Crippen molar-refractivity contribution in [3.63, 3.8) is 0 Å². The zero-order valence-corrected chi connectivity index (χ0v) is 12.7. The molecule has 21 heavy (non-hydrogen) atoms. The maximum absolute atomic E-state index is 12.2. The summed E-state index contributed by atoms with van der Waals surface area (Å²) in [5, 5.41) is 11.2. The lowest BCUT2D eigenvalue weighted by atomic mass is 10.2. The summed E-state index contributed by atoms with van der Waals surface area (Å²) in [4.78, 5) is 10.6. The molecule has 2 rings (SSSR count). The minimum absolute atomic E-state index is 0.0968. The quantitative estimate of drug-likeness (QED) is 0.920. The van der Waals surface area contributed by atoms with Gasteiger partial charge >= 0.3 is 0 Å². The summed E-state index contributed by atoms with van der Waals surface area (Å²) < 4.78 is 26.6. The number of hydrogen-bond donors (Lipinski definition) is 1. The fourth-order valence-corrected chi connectivity index (χ4v) is 2.97. The first-order valence-corrected chi connectivity index (χ1v) is 7.83. The number of carboxylic acids is 1. The first-order chi connectivity index (χ1) is 9.79. The van der Waals surface area contributed by atoms with Crippen LogP contribution in [0.2, 0.25) is 10.0 Å². The van der Waals surface area contributed by atoms with Gasteiger partial charge < -0.3 is 9.90 Å². The lowest BCUT2D eigenvalue weighted by molar-refractivity contribution is -0.255. The van der Waals surface area contributed by atoms with Crippen molar-refractivity contribution >= 4 is 44.9 Å². The molecule has 0 aliphatic carbocycles. The molecule has 0 saturated carbocycles. The van der Waals surface area contributed by atoms with Gasteiger partial charge in [-0.25, -0.2) is 8.42 Å². The Labute approximate surface area is 131 Å². The number of carbonyl (C=O) groups is 1. The molecule has 0 radical (unpaired) electrons. The maximum atomic E-state index is 12.2. The topological polar surface area (TPSA) is 86.3 Å². The van der Waals surface area contributed by atoms with Gasteiger partial charge in [0.05, 0.1) is 10.9 Å². The highest BCUT2D eigenvalue weighted by Crippen LogP contribution is 2.22. The molecule has 0 aromatic heterocycles. The highest BCUT2D eigenvalue weighted by atomic mass is 35.5. The van der Waals surface area contributed by atoms with Gasteiger partial charge in [-0.1, -0.05) is 23.2 Å². The Morgan fingerprint density at radius 3 is 2.24 bits per heavy atom. The molecule has 110 valence electrons. The van der Waals surface area contributed by atoms with Crippen LogP contribution in [0.5, 0.6) is 0 Å². The van der Waals surface area contributed by atoms with Crippen LogP contribution in [0.3, 0.4) is 0 Å². The van der Waals surface area contributed by atoms with E-state index in [2.05, 4.69) is 4.72 Å². The minimum Gasteiger partial charge on any atom is -0.545 e. The molecule has 0 saturated heterocycles. The van der Waals surface area contributed by atoms with Crippen molar-refractivity contribution in [2.24, 2.45) is 0 Å². The largest absolute Gasteiger partial charge is 0.545 e. The number of benzene rings is 2. The van der Waals surface area contributed by atoms with Crippen molar-refractivity contribution in [1.29, 1.82) is 0 Å². The zero-order chi connectivity index (χ0) is 15.6. The van der Waals surface area contributed by atoms with E-state index in [0.29, 0.717) is 10.7 Å². The monoisotopic (exact) mass is 344 g/mol. The first kappa shape index (κ1) is 15.6. The van der Waals surface area contributed by atoms with Gasteiger partial charge in [-0.3, -0.25) is 4.72 Å². The second-order valence-electron chi connectivity index (χ2n) is 4.04. The molecule has 0 unspecified atom stereocenters. The van der Waals surface area contributed by atoms with Crippen LogP contribution >= 0.6 is 23.2 Å². The SMILES string of the molecule is O=C([O-])c1cc(S(=O)(=O)Nc2ccc(Cl)cc2)ccc1Cl. The number of aromatic carboxylic acids is 1. The van der Waals surface area contributed by atoms with E-state index in [-0.39, 0.29) is 9.92 Å². The van der Waals surface area contributed by atoms with Crippen molar-refractivity contribution in [2.45, 2.75) is 4.90 Å². The van der Waals surface area contributed by atoms with Gasteiger partial charge in [0.1, 0.15) is 0 Å². The second kappa shape index (κ2) is 5.93. The van der Waals surface area contributed by atoms with Crippen molar-refractivity contribution in [3.8, 4) is 0 Å². The molecule has 0 heterocycles. The molecular weight excluding hydrogens is 337 g/mol. The highest BCUT2D eigenvalue weighted by molar-refractivity contribution is 7.92. The molecule has 5 nitrogen and oxygen atoms in total. The van der Waals surface area contributed by atoms with Gasteiger partial charge in [0.2, 0.25) is 0 Å². The van der Waals surface area contributed by atoms with Crippen molar-refractivity contribution in [2.75, 3.05) is 4.72 Å². The van der Waals surface area contributed by atoms with Crippen LogP contribution in [-0.4, -0.2) is 14.4 Å². The normalized spacial score (nSPS) is 11.1. The molecule has 0 amide bonds. The number of carbonyl (C=O) groups excluding carboxylic acids is 1. The Morgan fingerprint density at radius 2 is 1.67 bits per heavy atom. The van der Waals surface area contributed by atoms with E-state index in [1.807, 2.05) is 0 Å². The van der Waals surface area contributed by atoms with E-state index >= 15 is 0 Å². The smallest absolute Gasteiger partial charge is 0.261 e. The minimum atomic E-state index is -3.94. The van der Waals surface area contributed by atoms with Gasteiger partial charge in [0, 0.05) is 21.3 Å². The number of halogens is 2. The number of anilines is 1. The third-order valence-corrected chi connectivity index (χ3v) is 4.53. The van der Waals surface area contributed by atoms with Gasteiger partial charge in [-0.15, -0.1) is 0 Å². The fourth-order valence-electron chi connectivity index (χ4n) is 1.56. The third kappa shape index (κ3) is 3.66. The van der Waals surface area contributed by atoms with Crippen molar-refractivity contribution < 1.29 is 18.3 Å². The summed E-state index contributed by atoms with van der Waals surface area (Å²) in [6, 6.07) is 9.33. The Balaban J connectivity index is 2.38. The molecule has 0 bridgehead atoms. The molecule has 2 aromatic carbocycles. The summed E-state index contributed by atoms with van der Waals surface area (Å²) >= 11 is 11.4. The average Bonchev–Trinajstić information content (AvgIpc) is 2.41. The Bertz CT molecular complexity index is 788. The van der Waals surface area contributed by atoms with Gasteiger partial charge in [-0.05, 0) is 42.5 Å². The number of carboxylic acid groups (broad SMARTS) is 1. The standard InChI is InChI=1S/C13H9Cl2NO4S/c14-8-1-3-9(4-2-8)16-21(19,20)10-5-6-12(15)11(7-10)13(17)18/h1-7,16H,(H,17,18)/p-1. The number of nitrogens with one attached hydrogen (secondary N) is 1. The number of hydrogen-bond acceptors (Lipinski definition) is 4. The summed E-state index contributed by atoms with van der Waals surface area (Å²) in [6.45, 7) is 0. The lowest BCUT2D eigenvalue weighted by Crippen LogP contribution is -2.23. The zero-order valence-electron chi connectivity index (χ0n) is 10.3. The summed E-state index contributed by atoms with van der Waals surface area (Å²) in [7, 11) is -3.94. The second-order valence-corrected chi connectivity index (χ2v) is 6.57. The van der Waals surface area contributed by atoms with E-state index in [1.54, 1.807) is 0 Å². The summed E-state index contributed by atoms with van der Waals surface area (Å²) in [6.07, 6.45) is 0. The van der Waals surface area contributed by atoms with E-state index in [1.165, 1.54) is 36.4 Å². The highest BCUT2D eigenvalue weighted by Gasteiger charge is 2.16. The average molecular weight is 345 g/mol. The van der Waals surface area contributed by atoms with E-state index in [4.69, 9.17) is 23.2 Å². The molecule has 1 N–H and O–H groups in total. The molecule has 2 aromatic rings. The van der Waals surface area contributed by atoms with Crippen LogP contribution in [-0.2, 0) is 10.0 Å². The van der Waals surface area contributed by atoms with Crippen LogP contribution < -0.4 is 9.83 Å². The Kier molecular flexibility index (Phi) is 4.41. The Morgan fingerprint density at radius 1 is 1.05 bits per heavy atom. The third-order valence-electron chi connectivity index (χ3n) is 2.56. The molecule has 0 atom stereocenters. The molecule has 0 aliphatic rings. The fraction of sp³-hybridized carbons (Fsp3) is 0. The summed E-state index contributed by atoms with van der Waals surface area (Å²) in [5.74, 6) is -1.55. The molecule has 8 heteroatoms. The first-order valence-electron chi connectivity index (χ1n) is 5.59. The predicted molar refractivity (Wildman–Crippen MR) is 78.0 cm³/mol. The van der Waals surface area contributed by atoms with E-state index in [0.717, 1.165) is 6.07 Å². The molecule has 0 spiro atoms. The lowest BCUT2D eigenvalue weighted by Gasteiger charge is -2.11. The van der Waals surface area contributed by atoms with Crippen molar-refractivity contribution in [3.05, 3.63) is 58.1 Å². The number of rotatable bonds is 4. The van der Waals surface area contributed by atoms with Crippen LogP contribution in [0.4, 0.5) is 5.69 Å². The number of sulfonamides is 1. The van der Waals surface area contributed by atoms with Gasteiger partial charge in [0.15, 0.2) is 0 Å². The van der Waals surface area contributed by atoms with Gasteiger partial charge in [-0.2, -0.15) is 0 Å². The van der Waals surface area contributed by atoms with E-state index in [9.17, 15) is 18.3 Å². The predicted octanol–water partition coefficient (Wildman–Crippen LogP) is 2.16. The van der Waals surface area contributed by atoms with Gasteiger partial charge in [0.25, 0.3) is 10.0 Å².